The minimum absolute atomic E-state index is 0.789. The number of nitrogens with zero attached hydrogens (tertiary/aromatic N) is 1. The van der Waals surface area contributed by atoms with E-state index in [1.54, 1.807) is 3.77 Å². The Bertz CT molecular complexity index is 388. The topological polar surface area (TPSA) is 95.8 Å². The van der Waals surface area contributed by atoms with Gasteiger partial charge >= 0.3 is 15.5 Å². The number of halogens is 3. The van der Waals surface area contributed by atoms with Crippen molar-refractivity contribution in [1.29, 1.82) is 0 Å². The van der Waals surface area contributed by atoms with E-state index in [4.69, 9.17) is 4.55 Å². The predicted octanol–water partition coefficient (Wildman–Crippen LogP) is -0.0886. The summed E-state index contributed by atoms with van der Waals surface area (Å²) in [5.74, 6) is 0. The molecule has 0 saturated carbocycles. The van der Waals surface area contributed by atoms with Gasteiger partial charge in [0.15, 0.2) is 0 Å². The smallest absolute Gasteiger partial charge is 0.288 e. The van der Waals surface area contributed by atoms with Crippen LogP contribution < -0.4 is 4.72 Å². The summed E-state index contributed by atoms with van der Waals surface area (Å²) in [6.45, 7) is 0. The van der Waals surface area contributed by atoms with Crippen LogP contribution in [0.5, 0.6) is 0 Å². The lowest BCUT2D eigenvalue weighted by atomic mass is 11.6. The predicted molar refractivity (Wildman–Crippen MR) is 37.2 cm³/mol. The molecule has 0 spiro atoms. The maximum absolute atomic E-state index is 11.6. The Balaban J connectivity index is 5.41. The van der Waals surface area contributed by atoms with Crippen molar-refractivity contribution in [2.75, 3.05) is 7.05 Å². The third-order valence-corrected chi connectivity index (χ3v) is 3.47. The molecule has 1 unspecified atom stereocenters. The van der Waals surface area contributed by atoms with E-state index in [-0.39, 0.29) is 0 Å². The summed E-state index contributed by atoms with van der Waals surface area (Å²) in [6.07, 6.45) is 0. The molecule has 0 radical (unpaired) electrons. The molecule has 11 heteroatoms. The molecule has 0 aliphatic carbocycles. The largest absolute Gasteiger partial charge is 0.519 e. The molecule has 80 valence electrons. The molecular formula is C2H5F3N2O4S2. The second-order valence-electron chi connectivity index (χ2n) is 1.70. The fraction of sp³-hybridized carbons (Fsp3) is 1.00. The van der Waals surface area contributed by atoms with Gasteiger partial charge < -0.3 is 0 Å². The van der Waals surface area contributed by atoms with Gasteiger partial charge in [-0.3, -0.25) is 4.55 Å². The third-order valence-electron chi connectivity index (χ3n) is 0.758. The van der Waals surface area contributed by atoms with Crippen molar-refractivity contribution >= 4 is 20.2 Å². The first kappa shape index (κ1) is 12.6. The zero-order valence-electron chi connectivity index (χ0n) is 6.07. The van der Waals surface area contributed by atoms with Crippen LogP contribution in [-0.2, 0) is 20.2 Å². The molecule has 13 heavy (non-hydrogen) atoms. The Kier molecular flexibility index (Phi) is 3.30. The summed E-state index contributed by atoms with van der Waals surface area (Å²) < 4.78 is 76.9. The number of alkyl halides is 3. The molecular weight excluding hydrogens is 237 g/mol. The SMILES string of the molecule is CNS(=O)(O)=NS(=O)(=O)C(F)(F)F. The van der Waals surface area contributed by atoms with Crippen LogP contribution in [0, 0.1) is 0 Å². The lowest BCUT2D eigenvalue weighted by Crippen LogP contribution is -2.26. The van der Waals surface area contributed by atoms with E-state index in [0.717, 1.165) is 7.05 Å². The Morgan fingerprint density at radius 1 is 1.31 bits per heavy atom. The summed E-state index contributed by atoms with van der Waals surface area (Å²) in [7, 11) is -9.68. The lowest BCUT2D eigenvalue weighted by Gasteiger charge is -2.03. The first-order valence-electron chi connectivity index (χ1n) is 2.52. The molecule has 0 heterocycles. The Morgan fingerprint density at radius 3 is 1.92 bits per heavy atom. The van der Waals surface area contributed by atoms with Crippen LogP contribution in [-0.4, -0.2) is 29.7 Å². The zero-order valence-corrected chi connectivity index (χ0v) is 7.70. The lowest BCUT2D eigenvalue weighted by molar-refractivity contribution is -0.0435. The number of nitrogens with one attached hydrogen (secondary N) is 1. The van der Waals surface area contributed by atoms with Crippen LogP contribution >= 0.6 is 0 Å². The summed E-state index contributed by atoms with van der Waals surface area (Å²) in [6, 6.07) is 0. The van der Waals surface area contributed by atoms with Crippen molar-refractivity contribution in [3.8, 4) is 0 Å². The van der Waals surface area contributed by atoms with E-state index in [9.17, 15) is 25.8 Å². The van der Waals surface area contributed by atoms with Gasteiger partial charge in [0.2, 0.25) is 10.2 Å². The van der Waals surface area contributed by atoms with E-state index in [2.05, 4.69) is 0 Å². The number of sulfonamides is 1. The molecule has 0 saturated heterocycles. The highest BCUT2D eigenvalue weighted by molar-refractivity contribution is 8.00. The number of hydrogen-bond acceptors (Lipinski definition) is 3. The maximum atomic E-state index is 11.6. The molecule has 0 fully saturated rings. The van der Waals surface area contributed by atoms with Gasteiger partial charge in [-0.2, -0.15) is 21.6 Å². The van der Waals surface area contributed by atoms with Crippen molar-refractivity contribution in [2.24, 2.45) is 3.77 Å². The molecule has 0 aromatic rings. The maximum Gasteiger partial charge on any atom is 0.519 e. The van der Waals surface area contributed by atoms with E-state index in [1.165, 1.54) is 4.72 Å². The van der Waals surface area contributed by atoms with Crippen LogP contribution in [0.3, 0.4) is 0 Å². The summed E-state index contributed by atoms with van der Waals surface area (Å²) in [4.78, 5) is 0. The third kappa shape index (κ3) is 3.46. The molecule has 0 aliphatic heterocycles. The number of rotatable bonds is 2. The second-order valence-corrected chi connectivity index (χ2v) is 5.11. The van der Waals surface area contributed by atoms with Gasteiger partial charge in [-0.1, -0.05) is 3.77 Å². The van der Waals surface area contributed by atoms with Gasteiger partial charge in [0.05, 0.1) is 0 Å². The Labute approximate surface area is 72.3 Å². The van der Waals surface area contributed by atoms with E-state index >= 15 is 0 Å². The fourth-order valence-electron chi connectivity index (χ4n) is 0.213. The molecule has 0 rings (SSSR count). The van der Waals surface area contributed by atoms with Gasteiger partial charge in [0.1, 0.15) is 0 Å². The van der Waals surface area contributed by atoms with E-state index in [0.29, 0.717) is 0 Å². The van der Waals surface area contributed by atoms with E-state index in [1.807, 2.05) is 0 Å². The fourth-order valence-corrected chi connectivity index (χ4v) is 1.91. The van der Waals surface area contributed by atoms with Crippen molar-refractivity contribution in [2.45, 2.75) is 5.51 Å². The van der Waals surface area contributed by atoms with Crippen LogP contribution in [0.2, 0.25) is 0 Å². The average molecular weight is 242 g/mol. The molecule has 1 atom stereocenters. The summed E-state index contributed by atoms with van der Waals surface area (Å²) in [5.41, 5.74) is -5.67. The summed E-state index contributed by atoms with van der Waals surface area (Å²) in [5, 5.41) is 0. The molecule has 0 aliphatic rings. The average Bonchev–Trinajstić information content (AvgIpc) is 1.83. The van der Waals surface area contributed by atoms with Crippen LogP contribution in [0.15, 0.2) is 3.77 Å². The van der Waals surface area contributed by atoms with Gasteiger partial charge in [0.25, 0.3) is 0 Å². The van der Waals surface area contributed by atoms with Gasteiger partial charge in [-0.15, -0.1) is 0 Å². The molecule has 0 aromatic heterocycles. The highest BCUT2D eigenvalue weighted by Gasteiger charge is 2.47. The first-order valence-corrected chi connectivity index (χ1v) is 5.43. The minimum atomic E-state index is -5.93. The summed E-state index contributed by atoms with van der Waals surface area (Å²) >= 11 is 0. The van der Waals surface area contributed by atoms with Crippen molar-refractivity contribution in [3.63, 3.8) is 0 Å². The minimum Gasteiger partial charge on any atom is -0.288 e. The quantitative estimate of drug-likeness (QED) is 0.707. The van der Waals surface area contributed by atoms with Crippen LogP contribution in [0.25, 0.3) is 0 Å². The highest BCUT2D eigenvalue weighted by atomic mass is 32.3. The van der Waals surface area contributed by atoms with Gasteiger partial charge in [-0.05, 0) is 7.05 Å². The van der Waals surface area contributed by atoms with Crippen LogP contribution in [0.4, 0.5) is 13.2 Å². The van der Waals surface area contributed by atoms with Crippen molar-refractivity contribution < 1.29 is 30.4 Å². The molecule has 0 amide bonds. The molecule has 0 bridgehead atoms. The zero-order chi connectivity index (χ0) is 10.9. The highest BCUT2D eigenvalue weighted by Crippen LogP contribution is 2.25. The second kappa shape index (κ2) is 3.40. The first-order chi connectivity index (χ1) is 5.52. The Hall–Kier alpha value is -0.390. The molecule has 6 nitrogen and oxygen atoms in total. The standard InChI is InChI=1S/C2H5F3N2O4S2/c1-6-13(10,11)7-12(8,9)2(3,4)5/h1H3,(H2,6,7,10,11). The normalized spacial score (nSPS) is 17.9. The van der Waals surface area contributed by atoms with Gasteiger partial charge in [0, 0.05) is 0 Å². The van der Waals surface area contributed by atoms with Crippen molar-refractivity contribution in [3.05, 3.63) is 0 Å². The molecule has 0 aromatic carbocycles. The number of hydrogen-bond donors (Lipinski definition) is 2. The van der Waals surface area contributed by atoms with Crippen molar-refractivity contribution in [1.82, 2.24) is 4.72 Å². The monoisotopic (exact) mass is 242 g/mol. The molecule has 2 N–H and O–H groups in total. The van der Waals surface area contributed by atoms with Crippen LogP contribution in [0.1, 0.15) is 0 Å². The van der Waals surface area contributed by atoms with Gasteiger partial charge in [-0.25, -0.2) is 8.93 Å². The van der Waals surface area contributed by atoms with E-state index < -0.39 is 25.7 Å². The Morgan fingerprint density at radius 2 is 1.69 bits per heavy atom.